The van der Waals surface area contributed by atoms with Gasteiger partial charge < -0.3 is 10.6 Å². The van der Waals surface area contributed by atoms with Crippen molar-refractivity contribution < 1.29 is 9.59 Å². The van der Waals surface area contributed by atoms with Gasteiger partial charge in [0.2, 0.25) is 0 Å². The molecule has 1 amide bonds. The fourth-order valence-corrected chi connectivity index (χ4v) is 2.66. The lowest BCUT2D eigenvalue weighted by molar-refractivity contribution is 0.0948. The van der Waals surface area contributed by atoms with Gasteiger partial charge in [-0.2, -0.15) is 0 Å². The van der Waals surface area contributed by atoms with E-state index in [4.69, 9.17) is 11.6 Å². The van der Waals surface area contributed by atoms with E-state index in [9.17, 15) is 9.59 Å². The van der Waals surface area contributed by atoms with Gasteiger partial charge in [0.05, 0.1) is 12.4 Å². The molecule has 3 aromatic rings. The molecule has 0 saturated carbocycles. The van der Waals surface area contributed by atoms with Crippen molar-refractivity contribution in [1.29, 1.82) is 0 Å². The summed E-state index contributed by atoms with van der Waals surface area (Å²) in [7, 11) is 0. The third kappa shape index (κ3) is 5.37. The summed E-state index contributed by atoms with van der Waals surface area (Å²) >= 11 is 5.86. The molecular weight excluding hydrogens is 376 g/mol. The topological polar surface area (TPSA) is 84.0 Å². The summed E-state index contributed by atoms with van der Waals surface area (Å²) in [5, 5.41) is 6.57. The molecule has 0 atom stereocenters. The second-order valence-electron chi connectivity index (χ2n) is 6.18. The van der Waals surface area contributed by atoms with Gasteiger partial charge in [0.25, 0.3) is 5.91 Å². The largest absolute Gasteiger partial charge is 0.350 e. The average Bonchev–Trinajstić information content (AvgIpc) is 2.70. The van der Waals surface area contributed by atoms with Crippen molar-refractivity contribution in [2.75, 3.05) is 11.9 Å². The minimum absolute atomic E-state index is 0.0136. The number of anilines is 2. The van der Waals surface area contributed by atoms with E-state index in [1.807, 2.05) is 30.3 Å². The summed E-state index contributed by atoms with van der Waals surface area (Å²) in [6.07, 6.45) is 3.59. The smallest absolute Gasteiger partial charge is 0.271 e. The molecule has 2 aromatic carbocycles. The van der Waals surface area contributed by atoms with Gasteiger partial charge in [0, 0.05) is 22.8 Å². The summed E-state index contributed by atoms with van der Waals surface area (Å²) in [5.74, 6) is 0.186. The van der Waals surface area contributed by atoms with Crippen LogP contribution in [0.3, 0.4) is 0 Å². The molecule has 1 heterocycles. The Balaban J connectivity index is 1.54. The molecule has 0 aliphatic carbocycles. The van der Waals surface area contributed by atoms with Gasteiger partial charge in [-0.3, -0.25) is 9.59 Å². The van der Waals surface area contributed by atoms with Gasteiger partial charge in [-0.05, 0) is 43.2 Å². The first kappa shape index (κ1) is 19.5. The Morgan fingerprint density at radius 1 is 1.04 bits per heavy atom. The van der Waals surface area contributed by atoms with Gasteiger partial charge in [-0.1, -0.05) is 35.9 Å². The molecule has 0 saturated heterocycles. The highest BCUT2D eigenvalue weighted by Gasteiger charge is 2.08. The maximum Gasteiger partial charge on any atom is 0.271 e. The summed E-state index contributed by atoms with van der Waals surface area (Å²) < 4.78 is 0. The number of halogens is 1. The fourth-order valence-electron chi connectivity index (χ4n) is 2.54. The molecule has 0 radical (unpaired) electrons. The van der Waals surface area contributed by atoms with E-state index in [0.717, 1.165) is 11.3 Å². The van der Waals surface area contributed by atoms with E-state index in [0.29, 0.717) is 29.4 Å². The zero-order valence-corrected chi connectivity index (χ0v) is 16.0. The SMILES string of the molecule is CC(=O)c1cccc(Nc2cnc(C(=O)NCCc3ccc(Cl)cc3)cn2)c1. The molecule has 0 bridgehead atoms. The number of benzene rings is 2. The summed E-state index contributed by atoms with van der Waals surface area (Å²) in [6.45, 7) is 2.00. The number of rotatable bonds is 7. The number of carbonyl (C=O) groups excluding carboxylic acids is 2. The van der Waals surface area contributed by atoms with Crippen LogP contribution in [0.5, 0.6) is 0 Å². The number of hydrogen-bond donors (Lipinski definition) is 2. The van der Waals surface area contributed by atoms with Crippen molar-refractivity contribution in [1.82, 2.24) is 15.3 Å². The lowest BCUT2D eigenvalue weighted by Crippen LogP contribution is -2.26. The molecule has 142 valence electrons. The highest BCUT2D eigenvalue weighted by atomic mass is 35.5. The van der Waals surface area contributed by atoms with Gasteiger partial charge in [0.15, 0.2) is 5.78 Å². The van der Waals surface area contributed by atoms with Crippen LogP contribution < -0.4 is 10.6 Å². The number of ketones is 1. The molecule has 1 aromatic heterocycles. The first-order valence-corrected chi connectivity index (χ1v) is 9.12. The van der Waals surface area contributed by atoms with Gasteiger partial charge in [0.1, 0.15) is 11.5 Å². The number of nitrogens with zero attached hydrogens (tertiary/aromatic N) is 2. The van der Waals surface area contributed by atoms with Crippen LogP contribution in [0.4, 0.5) is 11.5 Å². The van der Waals surface area contributed by atoms with E-state index in [2.05, 4.69) is 20.6 Å². The molecular formula is C21H19ClN4O2. The lowest BCUT2D eigenvalue weighted by atomic mass is 10.1. The number of nitrogens with one attached hydrogen (secondary N) is 2. The monoisotopic (exact) mass is 394 g/mol. The van der Waals surface area contributed by atoms with Crippen LogP contribution in [0.2, 0.25) is 5.02 Å². The average molecular weight is 395 g/mol. The Bertz CT molecular complexity index is 972. The number of carbonyl (C=O) groups is 2. The molecule has 3 rings (SSSR count). The normalized spacial score (nSPS) is 10.4. The molecule has 6 nitrogen and oxygen atoms in total. The van der Waals surface area contributed by atoms with Crippen molar-refractivity contribution in [3.63, 3.8) is 0 Å². The van der Waals surface area contributed by atoms with Crippen LogP contribution >= 0.6 is 11.6 Å². The molecule has 7 heteroatoms. The molecule has 0 unspecified atom stereocenters. The zero-order valence-electron chi connectivity index (χ0n) is 15.3. The molecule has 28 heavy (non-hydrogen) atoms. The molecule has 0 spiro atoms. The van der Waals surface area contributed by atoms with Crippen LogP contribution in [0.15, 0.2) is 60.9 Å². The minimum atomic E-state index is -0.286. The maximum absolute atomic E-state index is 12.2. The summed E-state index contributed by atoms with van der Waals surface area (Å²) in [6, 6.07) is 14.6. The van der Waals surface area contributed by atoms with Crippen LogP contribution in [0, 0.1) is 0 Å². The van der Waals surface area contributed by atoms with E-state index >= 15 is 0 Å². The Hall–Kier alpha value is -3.25. The molecule has 0 aliphatic heterocycles. The van der Waals surface area contributed by atoms with E-state index in [-0.39, 0.29) is 17.4 Å². The van der Waals surface area contributed by atoms with Crippen molar-refractivity contribution in [2.45, 2.75) is 13.3 Å². The quantitative estimate of drug-likeness (QED) is 0.590. The Morgan fingerprint density at radius 3 is 2.50 bits per heavy atom. The molecule has 2 N–H and O–H groups in total. The van der Waals surface area contributed by atoms with Crippen LogP contribution in [0.25, 0.3) is 0 Å². The second-order valence-corrected chi connectivity index (χ2v) is 6.62. The van der Waals surface area contributed by atoms with Crippen LogP contribution in [0.1, 0.15) is 33.3 Å². The Morgan fingerprint density at radius 2 is 1.82 bits per heavy atom. The van der Waals surface area contributed by atoms with Crippen LogP contribution in [-0.4, -0.2) is 28.2 Å². The van der Waals surface area contributed by atoms with E-state index in [1.54, 1.807) is 18.2 Å². The summed E-state index contributed by atoms with van der Waals surface area (Å²) in [5.41, 5.74) is 2.65. The molecule has 0 aliphatic rings. The van der Waals surface area contributed by atoms with Crippen LogP contribution in [-0.2, 0) is 6.42 Å². The predicted molar refractivity (Wildman–Crippen MR) is 109 cm³/mol. The Kier molecular flexibility index (Phi) is 6.34. The number of hydrogen-bond acceptors (Lipinski definition) is 5. The highest BCUT2D eigenvalue weighted by molar-refractivity contribution is 6.30. The summed E-state index contributed by atoms with van der Waals surface area (Å²) in [4.78, 5) is 32.0. The van der Waals surface area contributed by atoms with Crippen molar-refractivity contribution in [2.24, 2.45) is 0 Å². The van der Waals surface area contributed by atoms with Gasteiger partial charge in [-0.25, -0.2) is 9.97 Å². The van der Waals surface area contributed by atoms with Crippen molar-refractivity contribution >= 4 is 34.8 Å². The number of aromatic nitrogens is 2. The lowest BCUT2D eigenvalue weighted by Gasteiger charge is -2.08. The minimum Gasteiger partial charge on any atom is -0.350 e. The second kappa shape index (κ2) is 9.10. The van der Waals surface area contributed by atoms with E-state index < -0.39 is 0 Å². The third-order valence-corrected chi connectivity index (χ3v) is 4.29. The first-order valence-electron chi connectivity index (χ1n) is 8.74. The molecule has 0 fully saturated rings. The van der Waals surface area contributed by atoms with E-state index in [1.165, 1.54) is 19.3 Å². The first-order chi connectivity index (χ1) is 13.5. The number of amides is 1. The maximum atomic E-state index is 12.2. The van der Waals surface area contributed by atoms with Gasteiger partial charge >= 0.3 is 0 Å². The highest BCUT2D eigenvalue weighted by Crippen LogP contribution is 2.16. The van der Waals surface area contributed by atoms with Crippen molar-refractivity contribution in [3.05, 3.63) is 82.8 Å². The third-order valence-electron chi connectivity index (χ3n) is 4.04. The Labute approximate surface area is 168 Å². The zero-order chi connectivity index (χ0) is 19.9. The number of Topliss-reactive ketones (excluding diaryl/α,β-unsaturated/α-hetero) is 1. The fraction of sp³-hybridized carbons (Fsp3) is 0.143. The standard InChI is InChI=1S/C21H19ClN4O2/c1-14(27)16-3-2-4-18(11-16)26-20-13-24-19(12-25-20)21(28)23-10-9-15-5-7-17(22)8-6-15/h2-8,11-13H,9-10H2,1H3,(H,23,28)(H,25,26). The van der Waals surface area contributed by atoms with Gasteiger partial charge in [-0.15, -0.1) is 0 Å². The predicted octanol–water partition coefficient (Wildman–Crippen LogP) is 4.05. The van der Waals surface area contributed by atoms with Crippen molar-refractivity contribution in [3.8, 4) is 0 Å².